The van der Waals surface area contributed by atoms with Gasteiger partial charge in [-0.25, -0.2) is 0 Å². The van der Waals surface area contributed by atoms with Crippen LogP contribution in [0.5, 0.6) is 11.5 Å². The van der Waals surface area contributed by atoms with Crippen LogP contribution < -0.4 is 9.47 Å². The number of hydrogen-bond donors (Lipinski definition) is 0. The number of aryl methyl sites for hydroxylation is 2. The second-order valence-electron chi connectivity index (χ2n) is 6.47. The molecule has 25 heavy (non-hydrogen) atoms. The Morgan fingerprint density at radius 3 is 2.60 bits per heavy atom. The molecule has 4 nitrogen and oxygen atoms in total. The average Bonchev–Trinajstić information content (AvgIpc) is 2.91. The van der Waals surface area contributed by atoms with E-state index >= 15 is 0 Å². The molecule has 0 bridgehead atoms. The van der Waals surface area contributed by atoms with E-state index in [4.69, 9.17) is 9.47 Å². The third-order valence-electron chi connectivity index (χ3n) is 4.67. The second-order valence-corrected chi connectivity index (χ2v) is 7.61. The van der Waals surface area contributed by atoms with E-state index in [0.717, 1.165) is 23.3 Å². The molecule has 1 aromatic carbocycles. The molecule has 0 saturated heterocycles. The van der Waals surface area contributed by atoms with E-state index in [1.807, 2.05) is 25.2 Å². The molecule has 1 aliphatic rings. The first-order valence-corrected chi connectivity index (χ1v) is 9.52. The summed E-state index contributed by atoms with van der Waals surface area (Å²) in [5, 5.41) is 0. The van der Waals surface area contributed by atoms with Crippen LogP contribution in [0.25, 0.3) is 0 Å². The summed E-state index contributed by atoms with van der Waals surface area (Å²) in [6, 6.07) is 7.87. The quantitative estimate of drug-likeness (QED) is 0.747. The highest BCUT2D eigenvalue weighted by atomic mass is 32.1. The normalized spacial score (nSPS) is 13.7. The molecule has 134 valence electrons. The molecule has 1 amide bonds. The lowest BCUT2D eigenvalue weighted by atomic mass is 10.1. The fourth-order valence-corrected chi connectivity index (χ4v) is 4.53. The first-order chi connectivity index (χ1) is 12.1. The van der Waals surface area contributed by atoms with Crippen LogP contribution in [0.3, 0.4) is 0 Å². The van der Waals surface area contributed by atoms with Gasteiger partial charge >= 0.3 is 0 Å². The van der Waals surface area contributed by atoms with Gasteiger partial charge in [0.05, 0.1) is 19.1 Å². The van der Waals surface area contributed by atoms with Gasteiger partial charge in [-0.1, -0.05) is 12.5 Å². The van der Waals surface area contributed by atoms with Gasteiger partial charge < -0.3 is 14.4 Å². The van der Waals surface area contributed by atoms with Crippen LogP contribution in [0.4, 0.5) is 0 Å². The fraction of sp³-hybridized carbons (Fsp3) is 0.450. The molecule has 0 atom stereocenters. The first-order valence-electron chi connectivity index (χ1n) is 8.70. The summed E-state index contributed by atoms with van der Waals surface area (Å²) < 4.78 is 10.6. The van der Waals surface area contributed by atoms with E-state index in [-0.39, 0.29) is 5.91 Å². The molecule has 0 spiro atoms. The summed E-state index contributed by atoms with van der Waals surface area (Å²) in [6.45, 7) is 0.543. The van der Waals surface area contributed by atoms with Gasteiger partial charge in [0, 0.05) is 18.5 Å². The van der Waals surface area contributed by atoms with Crippen molar-refractivity contribution in [2.24, 2.45) is 0 Å². The summed E-state index contributed by atoms with van der Waals surface area (Å²) in [5.74, 6) is 1.47. The lowest BCUT2D eigenvalue weighted by Crippen LogP contribution is -2.25. The van der Waals surface area contributed by atoms with Crippen molar-refractivity contribution in [2.45, 2.75) is 38.6 Å². The second kappa shape index (κ2) is 7.91. The van der Waals surface area contributed by atoms with Crippen molar-refractivity contribution in [1.82, 2.24) is 4.90 Å². The summed E-state index contributed by atoms with van der Waals surface area (Å²) in [6.07, 6.45) is 6.00. The van der Waals surface area contributed by atoms with E-state index in [1.165, 1.54) is 29.7 Å². The van der Waals surface area contributed by atoms with E-state index in [9.17, 15) is 4.79 Å². The number of ether oxygens (including phenoxy) is 2. The third-order valence-corrected chi connectivity index (χ3v) is 5.90. The molecular formula is C20H25NO3S. The lowest BCUT2D eigenvalue weighted by Gasteiger charge is -2.17. The summed E-state index contributed by atoms with van der Waals surface area (Å²) in [5.41, 5.74) is 2.40. The SMILES string of the molecule is COc1ccc(CN(C)C(=O)c2cc3c(s2)CCCCC3)cc1OC. The molecule has 0 aliphatic heterocycles. The van der Waals surface area contributed by atoms with Gasteiger partial charge in [0.25, 0.3) is 5.91 Å². The highest BCUT2D eigenvalue weighted by molar-refractivity contribution is 7.14. The Morgan fingerprint density at radius 1 is 1.08 bits per heavy atom. The molecule has 0 fully saturated rings. The molecule has 0 radical (unpaired) electrons. The lowest BCUT2D eigenvalue weighted by molar-refractivity contribution is 0.0789. The maximum absolute atomic E-state index is 12.8. The Balaban J connectivity index is 1.72. The molecule has 2 aromatic rings. The highest BCUT2D eigenvalue weighted by Gasteiger charge is 2.19. The van der Waals surface area contributed by atoms with Crippen LogP contribution in [-0.4, -0.2) is 32.1 Å². The summed E-state index contributed by atoms with van der Waals surface area (Å²) in [4.78, 5) is 16.8. The van der Waals surface area contributed by atoms with Gasteiger partial charge in [0.2, 0.25) is 0 Å². The Kier molecular flexibility index (Phi) is 5.63. The summed E-state index contributed by atoms with van der Waals surface area (Å²) in [7, 11) is 5.09. The number of nitrogens with zero attached hydrogens (tertiary/aromatic N) is 1. The van der Waals surface area contributed by atoms with Gasteiger partial charge in [-0.05, 0) is 55.0 Å². The number of benzene rings is 1. The van der Waals surface area contributed by atoms with Crippen LogP contribution in [0, 0.1) is 0 Å². The number of amides is 1. The maximum atomic E-state index is 12.8. The van der Waals surface area contributed by atoms with Crippen molar-refractivity contribution < 1.29 is 14.3 Å². The number of thiophene rings is 1. The van der Waals surface area contributed by atoms with Crippen LogP contribution in [0.15, 0.2) is 24.3 Å². The van der Waals surface area contributed by atoms with Crippen LogP contribution in [-0.2, 0) is 19.4 Å². The minimum Gasteiger partial charge on any atom is -0.493 e. The van der Waals surface area contributed by atoms with Crippen molar-refractivity contribution in [1.29, 1.82) is 0 Å². The molecule has 5 heteroatoms. The third kappa shape index (κ3) is 3.98. The van der Waals surface area contributed by atoms with E-state index in [1.54, 1.807) is 30.5 Å². The van der Waals surface area contributed by atoms with Crippen LogP contribution >= 0.6 is 11.3 Å². The zero-order valence-corrected chi connectivity index (χ0v) is 15.9. The smallest absolute Gasteiger partial charge is 0.263 e. The Morgan fingerprint density at radius 2 is 1.84 bits per heavy atom. The topological polar surface area (TPSA) is 38.8 Å². The standard InChI is InChI=1S/C20H25NO3S/c1-21(13-14-9-10-16(23-2)17(11-14)24-3)20(22)19-12-15-7-5-4-6-8-18(15)25-19/h9-12H,4-8,13H2,1-3H3. The van der Waals surface area contributed by atoms with E-state index in [0.29, 0.717) is 18.0 Å². The predicted molar refractivity (Wildman–Crippen MR) is 101 cm³/mol. The molecule has 1 aromatic heterocycles. The summed E-state index contributed by atoms with van der Waals surface area (Å²) >= 11 is 1.67. The average molecular weight is 359 g/mol. The fourth-order valence-electron chi connectivity index (χ4n) is 3.29. The number of fused-ring (bicyclic) bond motifs is 1. The molecule has 1 heterocycles. The largest absolute Gasteiger partial charge is 0.493 e. The molecule has 1 aliphatic carbocycles. The molecule has 0 saturated carbocycles. The Labute approximate surface area is 153 Å². The Hall–Kier alpha value is -2.01. The van der Waals surface area contributed by atoms with Crippen molar-refractivity contribution in [2.75, 3.05) is 21.3 Å². The molecular weight excluding hydrogens is 334 g/mol. The predicted octanol–water partition coefficient (Wildman–Crippen LogP) is 4.31. The minimum atomic E-state index is 0.0906. The van der Waals surface area contributed by atoms with Gasteiger partial charge in [-0.2, -0.15) is 0 Å². The van der Waals surface area contributed by atoms with Crippen molar-refractivity contribution >= 4 is 17.2 Å². The van der Waals surface area contributed by atoms with Crippen molar-refractivity contribution in [3.8, 4) is 11.5 Å². The maximum Gasteiger partial charge on any atom is 0.263 e. The molecule has 0 unspecified atom stereocenters. The molecule has 3 rings (SSSR count). The van der Waals surface area contributed by atoms with E-state index < -0.39 is 0 Å². The van der Waals surface area contributed by atoms with Crippen LogP contribution in [0.2, 0.25) is 0 Å². The zero-order chi connectivity index (χ0) is 17.8. The first kappa shape index (κ1) is 17.8. The number of carbonyl (C=O) groups excluding carboxylic acids is 1. The van der Waals surface area contributed by atoms with Gasteiger partial charge in [-0.3, -0.25) is 4.79 Å². The zero-order valence-electron chi connectivity index (χ0n) is 15.1. The molecule has 0 N–H and O–H groups in total. The highest BCUT2D eigenvalue weighted by Crippen LogP contribution is 2.31. The van der Waals surface area contributed by atoms with Gasteiger partial charge in [0.1, 0.15) is 0 Å². The van der Waals surface area contributed by atoms with Crippen LogP contribution in [0.1, 0.15) is 44.9 Å². The number of carbonyl (C=O) groups is 1. The number of hydrogen-bond acceptors (Lipinski definition) is 4. The Bertz CT molecular complexity index is 730. The van der Waals surface area contributed by atoms with E-state index in [2.05, 4.69) is 6.07 Å². The van der Waals surface area contributed by atoms with Gasteiger partial charge in [-0.15, -0.1) is 11.3 Å². The minimum absolute atomic E-state index is 0.0906. The van der Waals surface area contributed by atoms with Crippen molar-refractivity contribution in [3.63, 3.8) is 0 Å². The van der Waals surface area contributed by atoms with Crippen molar-refractivity contribution in [3.05, 3.63) is 45.1 Å². The monoisotopic (exact) mass is 359 g/mol. The van der Waals surface area contributed by atoms with Gasteiger partial charge in [0.15, 0.2) is 11.5 Å². The number of methoxy groups -OCH3 is 2. The number of rotatable bonds is 5.